The van der Waals surface area contributed by atoms with Crippen molar-refractivity contribution < 1.29 is 18.7 Å². The predicted molar refractivity (Wildman–Crippen MR) is 137 cm³/mol. The Bertz CT molecular complexity index is 1390. The van der Waals surface area contributed by atoms with Gasteiger partial charge in [0.25, 0.3) is 5.91 Å². The van der Waals surface area contributed by atoms with Gasteiger partial charge in [0.05, 0.1) is 31.3 Å². The number of ether oxygens (including phenoxy) is 1. The number of methoxy groups -OCH3 is 1. The Labute approximate surface area is 214 Å². The van der Waals surface area contributed by atoms with E-state index < -0.39 is 12.0 Å². The summed E-state index contributed by atoms with van der Waals surface area (Å²) in [6.45, 7) is 0.480. The minimum Gasteiger partial charge on any atom is -0.497 e. The van der Waals surface area contributed by atoms with E-state index in [2.05, 4.69) is 10.3 Å². The molecule has 0 fully saturated rings. The van der Waals surface area contributed by atoms with E-state index in [4.69, 9.17) is 4.74 Å². The number of pyridine rings is 1. The predicted octanol–water partition coefficient (Wildman–Crippen LogP) is 5.03. The molecule has 2 atom stereocenters. The summed E-state index contributed by atoms with van der Waals surface area (Å²) in [7, 11) is 1.59. The van der Waals surface area contributed by atoms with Crippen LogP contribution in [0.25, 0.3) is 0 Å². The van der Waals surface area contributed by atoms with Gasteiger partial charge in [-0.3, -0.25) is 14.6 Å². The lowest BCUT2D eigenvalue weighted by Crippen LogP contribution is -2.47. The lowest BCUT2D eigenvalue weighted by Gasteiger charge is -2.42. The first-order chi connectivity index (χ1) is 18.0. The average molecular weight is 496 g/mol. The highest BCUT2D eigenvalue weighted by molar-refractivity contribution is 6.01. The molecule has 3 aromatic carbocycles. The molecule has 1 aliphatic heterocycles. The summed E-state index contributed by atoms with van der Waals surface area (Å²) < 4.78 is 18.9. The fourth-order valence-corrected chi connectivity index (χ4v) is 4.80. The summed E-state index contributed by atoms with van der Waals surface area (Å²) in [6.07, 6.45) is 1.68. The molecule has 7 heteroatoms. The second kappa shape index (κ2) is 10.6. The van der Waals surface area contributed by atoms with Gasteiger partial charge < -0.3 is 15.0 Å². The number of nitrogens with zero attached hydrogens (tertiary/aromatic N) is 2. The maximum atomic E-state index is 13.8. The maximum Gasteiger partial charge on any atom is 0.255 e. The molecule has 6 nitrogen and oxygen atoms in total. The Hall–Kier alpha value is -4.52. The van der Waals surface area contributed by atoms with Crippen molar-refractivity contribution in [1.82, 2.24) is 15.2 Å². The van der Waals surface area contributed by atoms with Gasteiger partial charge in [-0.2, -0.15) is 0 Å². The van der Waals surface area contributed by atoms with Crippen LogP contribution in [0.5, 0.6) is 5.75 Å². The van der Waals surface area contributed by atoms with Crippen LogP contribution in [-0.2, 0) is 17.9 Å². The Morgan fingerprint density at radius 2 is 1.70 bits per heavy atom. The number of fused-ring (bicyclic) bond motifs is 1. The third kappa shape index (κ3) is 5.07. The van der Waals surface area contributed by atoms with Crippen LogP contribution < -0.4 is 10.1 Å². The van der Waals surface area contributed by atoms with Gasteiger partial charge >= 0.3 is 0 Å². The van der Waals surface area contributed by atoms with Gasteiger partial charge in [-0.05, 0) is 59.2 Å². The summed E-state index contributed by atoms with van der Waals surface area (Å²) in [5.41, 5.74) is 3.44. The van der Waals surface area contributed by atoms with Crippen molar-refractivity contribution in [3.63, 3.8) is 0 Å². The number of benzene rings is 3. The Morgan fingerprint density at radius 3 is 2.41 bits per heavy atom. The SMILES string of the molecule is COc1ccc([C@H]2[C@@H](C(=O)NCc3ccccn3)c3ccccc3C(=O)N2Cc2ccc(F)cc2)cc1. The van der Waals surface area contributed by atoms with Crippen LogP contribution in [-0.4, -0.2) is 28.8 Å². The Balaban J connectivity index is 1.58. The van der Waals surface area contributed by atoms with Crippen molar-refractivity contribution in [2.24, 2.45) is 0 Å². The van der Waals surface area contributed by atoms with Crippen molar-refractivity contribution in [1.29, 1.82) is 0 Å². The van der Waals surface area contributed by atoms with Gasteiger partial charge in [0.1, 0.15) is 11.6 Å². The summed E-state index contributed by atoms with van der Waals surface area (Å²) in [5, 5.41) is 3.02. The van der Waals surface area contributed by atoms with E-state index in [9.17, 15) is 14.0 Å². The highest BCUT2D eigenvalue weighted by atomic mass is 19.1. The molecule has 0 spiro atoms. The number of hydrogen-bond donors (Lipinski definition) is 1. The number of halogens is 1. The third-order valence-electron chi connectivity index (χ3n) is 6.61. The number of aromatic nitrogens is 1. The van der Waals surface area contributed by atoms with Gasteiger partial charge in [-0.25, -0.2) is 4.39 Å². The summed E-state index contributed by atoms with van der Waals surface area (Å²) in [6, 6.07) is 25.6. The summed E-state index contributed by atoms with van der Waals surface area (Å²) >= 11 is 0. The van der Waals surface area contributed by atoms with E-state index in [0.717, 1.165) is 16.8 Å². The molecule has 0 saturated carbocycles. The molecule has 0 aliphatic carbocycles. The van der Waals surface area contributed by atoms with Gasteiger partial charge in [0.15, 0.2) is 0 Å². The molecule has 2 amide bonds. The first kappa shape index (κ1) is 24.2. The highest BCUT2D eigenvalue weighted by Crippen LogP contribution is 2.44. The molecule has 0 bridgehead atoms. The average Bonchev–Trinajstić information content (AvgIpc) is 2.95. The van der Waals surface area contributed by atoms with Crippen LogP contribution in [0.15, 0.2) is 97.2 Å². The van der Waals surface area contributed by atoms with E-state index in [0.29, 0.717) is 16.9 Å². The van der Waals surface area contributed by atoms with Crippen LogP contribution in [0.1, 0.15) is 44.7 Å². The zero-order valence-electron chi connectivity index (χ0n) is 20.3. The quantitative estimate of drug-likeness (QED) is 0.391. The highest BCUT2D eigenvalue weighted by Gasteiger charge is 2.44. The molecule has 1 N–H and O–H groups in total. The van der Waals surface area contributed by atoms with Gasteiger partial charge in [0, 0.05) is 18.3 Å². The van der Waals surface area contributed by atoms with Crippen LogP contribution >= 0.6 is 0 Å². The van der Waals surface area contributed by atoms with Crippen LogP contribution in [0, 0.1) is 5.82 Å². The smallest absolute Gasteiger partial charge is 0.255 e. The minimum atomic E-state index is -0.675. The molecule has 1 aliphatic rings. The normalized spacial score (nSPS) is 16.7. The number of amides is 2. The van der Waals surface area contributed by atoms with Crippen LogP contribution in [0.2, 0.25) is 0 Å². The summed E-state index contributed by atoms with van der Waals surface area (Å²) in [5.74, 6) is -0.749. The number of hydrogen-bond acceptors (Lipinski definition) is 4. The fraction of sp³-hybridized carbons (Fsp3) is 0.167. The molecule has 5 rings (SSSR count). The molecule has 1 aromatic heterocycles. The third-order valence-corrected chi connectivity index (χ3v) is 6.61. The van der Waals surface area contributed by atoms with Crippen molar-refractivity contribution >= 4 is 11.8 Å². The lowest BCUT2D eigenvalue weighted by molar-refractivity contribution is -0.124. The van der Waals surface area contributed by atoms with Crippen molar-refractivity contribution in [3.05, 3.63) is 131 Å². The van der Waals surface area contributed by atoms with E-state index in [1.165, 1.54) is 12.1 Å². The molecule has 2 heterocycles. The standard InChI is InChI=1S/C30H26FN3O3/c1-37-24-15-11-21(12-16-24)28-27(29(35)33-18-23-6-4-5-17-32-23)25-7-2-3-8-26(25)30(36)34(28)19-20-9-13-22(31)14-10-20/h2-17,27-28H,18-19H2,1H3,(H,33,35)/t27-,28-/m0/s1. The molecule has 4 aromatic rings. The zero-order valence-corrected chi connectivity index (χ0v) is 20.3. The first-order valence-electron chi connectivity index (χ1n) is 12.0. The molecule has 0 radical (unpaired) electrons. The maximum absolute atomic E-state index is 13.8. The minimum absolute atomic E-state index is 0.186. The number of carbonyl (C=O) groups is 2. The van der Waals surface area contributed by atoms with Crippen molar-refractivity contribution in [2.45, 2.75) is 25.0 Å². The monoisotopic (exact) mass is 495 g/mol. The fourth-order valence-electron chi connectivity index (χ4n) is 4.80. The van der Waals surface area contributed by atoms with Gasteiger partial charge in [0.2, 0.25) is 5.91 Å². The number of nitrogens with one attached hydrogen (secondary N) is 1. The van der Waals surface area contributed by atoms with Crippen LogP contribution in [0.4, 0.5) is 4.39 Å². The molecule has 186 valence electrons. The van der Waals surface area contributed by atoms with E-state index >= 15 is 0 Å². The zero-order chi connectivity index (χ0) is 25.8. The second-order valence-corrected chi connectivity index (χ2v) is 8.88. The van der Waals surface area contributed by atoms with Crippen molar-refractivity contribution in [3.8, 4) is 5.75 Å². The Kier molecular flexibility index (Phi) is 6.94. The Morgan fingerprint density at radius 1 is 0.973 bits per heavy atom. The van der Waals surface area contributed by atoms with Crippen LogP contribution in [0.3, 0.4) is 0 Å². The summed E-state index contributed by atoms with van der Waals surface area (Å²) in [4.78, 5) is 33.7. The van der Waals surface area contributed by atoms with E-state index in [-0.39, 0.29) is 30.7 Å². The van der Waals surface area contributed by atoms with E-state index in [1.807, 2.05) is 54.6 Å². The number of rotatable bonds is 7. The van der Waals surface area contributed by atoms with Gasteiger partial charge in [-0.1, -0.05) is 48.5 Å². The molecular formula is C30H26FN3O3. The topological polar surface area (TPSA) is 71.5 Å². The lowest BCUT2D eigenvalue weighted by atomic mass is 9.79. The van der Waals surface area contributed by atoms with Crippen molar-refractivity contribution in [2.75, 3.05) is 7.11 Å². The van der Waals surface area contributed by atoms with Gasteiger partial charge in [-0.15, -0.1) is 0 Å². The first-order valence-corrected chi connectivity index (χ1v) is 12.0. The molecule has 37 heavy (non-hydrogen) atoms. The van der Waals surface area contributed by atoms with E-state index in [1.54, 1.807) is 42.5 Å². The second-order valence-electron chi connectivity index (χ2n) is 8.88. The largest absolute Gasteiger partial charge is 0.497 e. The number of carbonyl (C=O) groups excluding carboxylic acids is 2. The molecule has 0 unspecified atom stereocenters. The molecule has 0 saturated heterocycles. The molecular weight excluding hydrogens is 469 g/mol.